The number of aliphatic hydroxyl groups excluding tert-OH is 1. The van der Waals surface area contributed by atoms with Crippen molar-refractivity contribution in [2.45, 2.75) is 37.2 Å². The Balaban J connectivity index is 1.26. The van der Waals surface area contributed by atoms with Gasteiger partial charge in [0.1, 0.15) is 36.0 Å². The zero-order valence-corrected chi connectivity index (χ0v) is 25.6. The molecule has 46 heavy (non-hydrogen) atoms. The van der Waals surface area contributed by atoms with Gasteiger partial charge >= 0.3 is 15.6 Å². The van der Waals surface area contributed by atoms with Crippen molar-refractivity contribution >= 4 is 61.8 Å². The highest BCUT2D eigenvalue weighted by Crippen LogP contribution is 2.56. The molecule has 0 amide bonds. The van der Waals surface area contributed by atoms with Crippen molar-refractivity contribution in [2.24, 2.45) is 0 Å². The number of H-pyrrole nitrogens is 2. The van der Waals surface area contributed by atoms with Crippen LogP contribution in [0.3, 0.4) is 0 Å². The SMILES string of the molecule is Nc1nc2c(ncn2C2=C3OP(=O)(O)OCC4=C(OP(=O)(O)OCCC3(O)CC2)C(O)[C@H](n2cnc3c(=S)nc[nH]c32)O4)c(=O)[nH]1. The lowest BCUT2D eigenvalue weighted by Gasteiger charge is -2.27. The van der Waals surface area contributed by atoms with Gasteiger partial charge in [0, 0.05) is 6.42 Å². The van der Waals surface area contributed by atoms with Crippen molar-refractivity contribution in [1.82, 2.24) is 39.0 Å². The number of aliphatic hydroxyl groups is 2. The van der Waals surface area contributed by atoms with Gasteiger partial charge in [-0.2, -0.15) is 4.98 Å². The number of phosphoric acid groups is 2. The van der Waals surface area contributed by atoms with Crippen LogP contribution >= 0.6 is 27.9 Å². The van der Waals surface area contributed by atoms with Crippen molar-refractivity contribution in [1.29, 1.82) is 0 Å². The molecule has 7 rings (SSSR count). The zero-order valence-electron chi connectivity index (χ0n) is 23.0. The number of imidazole rings is 2. The smallest absolute Gasteiger partial charge is 0.465 e. The van der Waals surface area contributed by atoms with Gasteiger partial charge in [-0.3, -0.25) is 37.7 Å². The lowest BCUT2D eigenvalue weighted by atomic mass is 9.98. The van der Waals surface area contributed by atoms with E-state index in [0.29, 0.717) is 0 Å². The van der Waals surface area contributed by atoms with Gasteiger partial charge in [-0.1, -0.05) is 12.2 Å². The summed E-state index contributed by atoms with van der Waals surface area (Å²) in [7, 11) is -10.2. The van der Waals surface area contributed by atoms with Gasteiger partial charge in [0.05, 0.1) is 18.6 Å². The monoisotopic (exact) mass is 699 g/mol. The summed E-state index contributed by atoms with van der Waals surface area (Å²) in [4.78, 5) is 55.0. The van der Waals surface area contributed by atoms with Gasteiger partial charge in [-0.25, -0.2) is 24.1 Å². The molecule has 24 heteroatoms. The summed E-state index contributed by atoms with van der Waals surface area (Å²) in [5, 5.41) is 22.7. The van der Waals surface area contributed by atoms with Gasteiger partial charge in [0.25, 0.3) is 5.56 Å². The van der Waals surface area contributed by atoms with Gasteiger partial charge in [-0.15, -0.1) is 0 Å². The summed E-state index contributed by atoms with van der Waals surface area (Å²) >= 11 is 5.16. The molecule has 8 N–H and O–H groups in total. The molecule has 0 radical (unpaired) electrons. The molecule has 4 unspecified atom stereocenters. The summed E-state index contributed by atoms with van der Waals surface area (Å²) in [6, 6.07) is 0. The fourth-order valence-corrected chi connectivity index (χ4v) is 7.24. The van der Waals surface area contributed by atoms with E-state index in [0.717, 1.165) is 0 Å². The molecule has 0 aromatic carbocycles. The fraction of sp³-hybridized carbons (Fsp3) is 0.364. The Morgan fingerprint density at radius 3 is 2.65 bits per heavy atom. The maximum atomic E-state index is 13.3. The van der Waals surface area contributed by atoms with Crippen LogP contribution in [0.5, 0.6) is 0 Å². The average Bonchev–Trinajstić information content (AvgIpc) is 3.73. The average molecular weight is 699 g/mol. The quantitative estimate of drug-likeness (QED) is 0.112. The van der Waals surface area contributed by atoms with Gasteiger partial charge < -0.3 is 34.7 Å². The topological polar surface area (TPSA) is 297 Å². The zero-order chi connectivity index (χ0) is 32.6. The molecule has 4 aromatic heterocycles. The van der Waals surface area contributed by atoms with Crippen molar-refractivity contribution in [3.63, 3.8) is 0 Å². The van der Waals surface area contributed by atoms with Crippen LogP contribution in [-0.4, -0.2) is 84.0 Å². The number of anilines is 1. The summed E-state index contributed by atoms with van der Waals surface area (Å²) in [5.74, 6) is -1.80. The van der Waals surface area contributed by atoms with Crippen molar-refractivity contribution in [2.75, 3.05) is 18.9 Å². The minimum atomic E-state index is -5.15. The Labute approximate surface area is 260 Å². The first-order valence-corrected chi connectivity index (χ1v) is 16.7. The lowest BCUT2D eigenvalue weighted by molar-refractivity contribution is -0.0158. The first kappa shape index (κ1) is 30.7. The molecule has 3 aliphatic rings. The van der Waals surface area contributed by atoms with Crippen LogP contribution in [0.2, 0.25) is 0 Å². The van der Waals surface area contributed by atoms with E-state index < -0.39 is 76.0 Å². The minimum absolute atomic E-state index is 0.00263. The van der Waals surface area contributed by atoms with E-state index in [2.05, 4.69) is 29.9 Å². The molecule has 6 heterocycles. The third-order valence-electron chi connectivity index (χ3n) is 7.46. The Morgan fingerprint density at radius 2 is 1.85 bits per heavy atom. The number of allylic oxidation sites excluding steroid dienone is 1. The molecular formula is C22H23N9O12P2S. The van der Waals surface area contributed by atoms with E-state index in [1.165, 1.54) is 28.1 Å². The predicted octanol–water partition coefficient (Wildman–Crippen LogP) is 0.670. The van der Waals surface area contributed by atoms with Crippen molar-refractivity contribution in [3.05, 3.63) is 51.3 Å². The first-order valence-electron chi connectivity index (χ1n) is 13.3. The molecule has 244 valence electrons. The second kappa shape index (κ2) is 10.8. The van der Waals surface area contributed by atoms with Crippen LogP contribution in [0.1, 0.15) is 25.5 Å². The van der Waals surface area contributed by atoms with Crippen LogP contribution < -0.4 is 11.3 Å². The highest BCUT2D eigenvalue weighted by molar-refractivity contribution is 7.71. The van der Waals surface area contributed by atoms with E-state index >= 15 is 0 Å². The minimum Gasteiger partial charge on any atom is -0.465 e. The molecule has 0 fully saturated rings. The van der Waals surface area contributed by atoms with Crippen LogP contribution in [0.15, 0.2) is 41.1 Å². The summed E-state index contributed by atoms with van der Waals surface area (Å²) < 4.78 is 55.7. The Kier molecular flexibility index (Phi) is 7.19. The molecule has 0 saturated carbocycles. The Bertz CT molecular complexity index is 2190. The molecule has 0 bridgehead atoms. The Morgan fingerprint density at radius 1 is 1.09 bits per heavy atom. The predicted molar refractivity (Wildman–Crippen MR) is 154 cm³/mol. The number of aromatic amines is 2. The highest BCUT2D eigenvalue weighted by atomic mass is 32.1. The molecule has 0 spiro atoms. The number of nitrogens with zero attached hydrogens (tertiary/aromatic N) is 6. The first-order chi connectivity index (χ1) is 21.8. The van der Waals surface area contributed by atoms with Crippen LogP contribution in [-0.2, 0) is 32.0 Å². The number of nitrogen functional groups attached to an aromatic ring is 1. The van der Waals surface area contributed by atoms with Gasteiger partial charge in [0.2, 0.25) is 12.2 Å². The van der Waals surface area contributed by atoms with E-state index in [1.807, 2.05) is 0 Å². The van der Waals surface area contributed by atoms with Crippen LogP contribution in [0, 0.1) is 4.64 Å². The number of nitrogens with two attached hydrogens (primary N) is 1. The van der Waals surface area contributed by atoms with E-state index in [1.54, 1.807) is 0 Å². The van der Waals surface area contributed by atoms with E-state index in [4.69, 9.17) is 40.8 Å². The summed E-state index contributed by atoms with van der Waals surface area (Å²) in [6.45, 7) is -1.56. The van der Waals surface area contributed by atoms with Crippen molar-refractivity contribution < 1.29 is 52.0 Å². The van der Waals surface area contributed by atoms with E-state index in [-0.39, 0.29) is 51.5 Å². The summed E-state index contributed by atoms with van der Waals surface area (Å²) in [5.41, 5.74) is 3.47. The number of ether oxygens (including phenoxy) is 1. The van der Waals surface area contributed by atoms with Crippen molar-refractivity contribution in [3.8, 4) is 0 Å². The highest BCUT2D eigenvalue weighted by Gasteiger charge is 2.48. The molecule has 1 aliphatic carbocycles. The van der Waals surface area contributed by atoms with Crippen LogP contribution in [0.4, 0.5) is 5.95 Å². The number of phosphoric ester groups is 2. The third-order valence-corrected chi connectivity index (χ3v) is 9.56. The fourth-order valence-electron chi connectivity index (χ4n) is 5.36. The van der Waals surface area contributed by atoms with Crippen LogP contribution in [0.25, 0.3) is 28.0 Å². The second-order valence-corrected chi connectivity index (χ2v) is 13.5. The normalized spacial score (nSPS) is 30.6. The van der Waals surface area contributed by atoms with E-state index in [9.17, 15) is 33.9 Å². The lowest BCUT2D eigenvalue weighted by Crippen LogP contribution is -2.31. The largest absolute Gasteiger partial charge is 0.527 e. The number of hydrogen-bond donors (Lipinski definition) is 7. The third kappa shape index (κ3) is 5.22. The number of rotatable bonds is 2. The maximum Gasteiger partial charge on any atom is 0.527 e. The van der Waals surface area contributed by atoms with Gasteiger partial charge in [0.15, 0.2) is 39.2 Å². The molecule has 21 nitrogen and oxygen atoms in total. The molecule has 5 atom stereocenters. The molecular weight excluding hydrogens is 676 g/mol. The van der Waals surface area contributed by atoms with Gasteiger partial charge in [-0.05, 0) is 12.8 Å². The molecule has 2 aliphatic heterocycles. The molecule has 4 aromatic rings. The second-order valence-electron chi connectivity index (χ2n) is 10.3. The standard InChI is InChI=1S/C22H23N9O12P2S/c23-21-28-17-11(18(33)29-21)26-7-30(17)9-1-2-22(34)3-4-39-44(35,36)42-14-10(5-40-45(37,38)43-15(9)22)41-20(13(14)32)31-8-27-12-16(31)24-6-25-19(12)46/h6-8,13,20,32,34H,1-5H2,(H,35,36)(H,37,38)(H,24,25,46)(H3,23,28,29,33)/t13?,20-,22?/m1/s1. The maximum absolute atomic E-state index is 13.3. The number of nitrogens with one attached hydrogen (secondary N) is 2. The number of aromatic nitrogens is 8. The number of hydrogen-bond acceptors (Lipinski definition) is 16. The Hall–Kier alpha value is -3.98. The molecule has 0 saturated heterocycles. The summed E-state index contributed by atoms with van der Waals surface area (Å²) in [6.07, 6.45) is 0.00828. The number of fused-ring (bicyclic) bond motifs is 3.